The van der Waals surface area contributed by atoms with Crippen molar-refractivity contribution in [2.24, 2.45) is 0 Å². The molecule has 4 heterocycles. The predicted molar refractivity (Wildman–Crippen MR) is 120 cm³/mol. The van der Waals surface area contributed by atoms with Gasteiger partial charge in [-0.2, -0.15) is 0 Å². The van der Waals surface area contributed by atoms with Gasteiger partial charge in [0.05, 0.1) is 19.0 Å². The van der Waals surface area contributed by atoms with E-state index in [4.69, 9.17) is 15.5 Å². The second-order valence-electron chi connectivity index (χ2n) is 8.33. The van der Waals surface area contributed by atoms with E-state index in [-0.39, 0.29) is 5.54 Å². The second-order valence-corrected chi connectivity index (χ2v) is 8.33. The van der Waals surface area contributed by atoms with Crippen molar-refractivity contribution in [3.05, 3.63) is 42.2 Å². The molecule has 0 spiro atoms. The molecule has 4 aromatic rings. The van der Waals surface area contributed by atoms with Crippen LogP contribution in [0.1, 0.15) is 32.2 Å². The summed E-state index contributed by atoms with van der Waals surface area (Å²) >= 11 is 0. The first-order valence-electron chi connectivity index (χ1n) is 9.97. The van der Waals surface area contributed by atoms with Crippen LogP contribution < -0.4 is 15.8 Å². The fourth-order valence-corrected chi connectivity index (χ4v) is 3.40. The van der Waals surface area contributed by atoms with Crippen molar-refractivity contribution < 1.29 is 4.74 Å². The molecule has 31 heavy (non-hydrogen) atoms. The highest BCUT2D eigenvalue weighted by atomic mass is 16.5. The number of aryl methyl sites for hydroxylation is 1. The van der Waals surface area contributed by atoms with Gasteiger partial charge in [-0.3, -0.25) is 0 Å². The molecule has 0 aliphatic heterocycles. The van der Waals surface area contributed by atoms with Crippen molar-refractivity contribution in [3.63, 3.8) is 0 Å². The Hall–Kier alpha value is -3.59. The third-order valence-corrected chi connectivity index (χ3v) is 4.86. The fraction of sp³-hybridized carbons (Fsp3) is 0.318. The molecule has 9 nitrogen and oxygen atoms in total. The molecule has 0 atom stereocenters. The summed E-state index contributed by atoms with van der Waals surface area (Å²) < 4.78 is 5.23. The number of rotatable bonds is 5. The van der Waals surface area contributed by atoms with Crippen LogP contribution in [0.4, 0.5) is 5.82 Å². The van der Waals surface area contributed by atoms with Crippen LogP contribution in [0.5, 0.6) is 5.88 Å². The summed E-state index contributed by atoms with van der Waals surface area (Å²) in [6, 6.07) is 3.79. The van der Waals surface area contributed by atoms with Crippen LogP contribution in [0, 0.1) is 6.92 Å². The Labute approximate surface area is 180 Å². The molecule has 0 fully saturated rings. The van der Waals surface area contributed by atoms with Gasteiger partial charge in [0, 0.05) is 41.7 Å². The SMILES string of the molecule is COc1ccc(-c2c(CNC(C)(C)C)cnc(N)c2-c2nc(C)nc3nc[nH]c23)cn1. The van der Waals surface area contributed by atoms with Crippen molar-refractivity contribution in [3.8, 4) is 28.3 Å². The summed E-state index contributed by atoms with van der Waals surface area (Å²) in [5, 5.41) is 3.53. The Bertz CT molecular complexity index is 1220. The van der Waals surface area contributed by atoms with E-state index < -0.39 is 0 Å². The molecule has 0 aromatic carbocycles. The lowest BCUT2D eigenvalue weighted by Crippen LogP contribution is -2.35. The average molecular weight is 419 g/mol. The van der Waals surface area contributed by atoms with Crippen LogP contribution in [-0.4, -0.2) is 42.6 Å². The maximum Gasteiger partial charge on any atom is 0.212 e. The van der Waals surface area contributed by atoms with Gasteiger partial charge in [0.15, 0.2) is 5.65 Å². The number of hydrogen-bond donors (Lipinski definition) is 3. The number of pyridine rings is 2. The Balaban J connectivity index is 2.00. The van der Waals surface area contributed by atoms with Gasteiger partial charge < -0.3 is 20.8 Å². The molecule has 160 valence electrons. The molecule has 0 saturated heterocycles. The van der Waals surface area contributed by atoms with Gasteiger partial charge in [-0.05, 0) is 39.3 Å². The van der Waals surface area contributed by atoms with Crippen LogP contribution in [0.15, 0.2) is 30.9 Å². The number of imidazole rings is 1. The zero-order valence-electron chi connectivity index (χ0n) is 18.3. The molecular formula is C22H26N8O. The first kappa shape index (κ1) is 20.7. The smallest absolute Gasteiger partial charge is 0.212 e. The Morgan fingerprint density at radius 1 is 1.06 bits per heavy atom. The van der Waals surface area contributed by atoms with Crippen LogP contribution in [0.3, 0.4) is 0 Å². The summed E-state index contributed by atoms with van der Waals surface area (Å²) in [6.07, 6.45) is 5.18. The van der Waals surface area contributed by atoms with Gasteiger partial charge in [-0.1, -0.05) is 0 Å². The molecular weight excluding hydrogens is 392 g/mol. The molecule has 4 rings (SSSR count). The highest BCUT2D eigenvalue weighted by molar-refractivity contribution is 5.98. The van der Waals surface area contributed by atoms with Crippen molar-refractivity contribution in [2.45, 2.75) is 39.8 Å². The number of nitrogens with zero attached hydrogens (tertiary/aromatic N) is 5. The number of nitrogens with one attached hydrogen (secondary N) is 2. The first-order chi connectivity index (χ1) is 14.8. The lowest BCUT2D eigenvalue weighted by molar-refractivity contribution is 0.398. The molecule has 0 aliphatic rings. The molecule has 4 N–H and O–H groups in total. The summed E-state index contributed by atoms with van der Waals surface area (Å²) in [5.74, 6) is 1.51. The van der Waals surface area contributed by atoms with Crippen LogP contribution in [-0.2, 0) is 6.54 Å². The van der Waals surface area contributed by atoms with Crippen molar-refractivity contribution >= 4 is 17.0 Å². The van der Waals surface area contributed by atoms with Gasteiger partial charge in [-0.25, -0.2) is 24.9 Å². The number of aromatic amines is 1. The molecule has 0 saturated carbocycles. The molecule has 4 aromatic heterocycles. The van der Waals surface area contributed by atoms with E-state index in [1.165, 1.54) is 0 Å². The zero-order chi connectivity index (χ0) is 22.2. The minimum Gasteiger partial charge on any atom is -0.481 e. The normalized spacial score (nSPS) is 11.8. The Kier molecular flexibility index (Phi) is 5.28. The van der Waals surface area contributed by atoms with E-state index in [9.17, 15) is 0 Å². The summed E-state index contributed by atoms with van der Waals surface area (Å²) in [7, 11) is 1.59. The number of nitrogens with two attached hydrogens (primary N) is 1. The van der Waals surface area contributed by atoms with Crippen molar-refractivity contribution in [2.75, 3.05) is 12.8 Å². The Morgan fingerprint density at radius 3 is 2.55 bits per heavy atom. The number of fused-ring (bicyclic) bond motifs is 1. The maximum absolute atomic E-state index is 6.44. The quantitative estimate of drug-likeness (QED) is 0.451. The van der Waals surface area contributed by atoms with Crippen molar-refractivity contribution in [1.29, 1.82) is 0 Å². The fourth-order valence-electron chi connectivity index (χ4n) is 3.40. The second kappa shape index (κ2) is 7.92. The first-order valence-corrected chi connectivity index (χ1v) is 9.97. The number of hydrogen-bond acceptors (Lipinski definition) is 8. The number of ether oxygens (including phenoxy) is 1. The van der Waals surface area contributed by atoms with Gasteiger partial charge in [-0.15, -0.1) is 0 Å². The summed E-state index contributed by atoms with van der Waals surface area (Å²) in [4.78, 5) is 25.5. The van der Waals surface area contributed by atoms with E-state index >= 15 is 0 Å². The lowest BCUT2D eigenvalue weighted by atomic mass is 9.94. The highest BCUT2D eigenvalue weighted by Gasteiger charge is 2.22. The predicted octanol–water partition coefficient (Wildman–Crippen LogP) is 3.26. The van der Waals surface area contributed by atoms with Crippen molar-refractivity contribution in [1.82, 2.24) is 35.2 Å². The van der Waals surface area contributed by atoms with E-state index in [2.05, 4.69) is 51.0 Å². The minimum atomic E-state index is -0.0703. The van der Waals surface area contributed by atoms with Crippen LogP contribution >= 0.6 is 0 Å². The highest BCUT2D eigenvalue weighted by Crippen LogP contribution is 2.39. The summed E-state index contributed by atoms with van der Waals surface area (Å²) in [5.41, 5.74) is 11.8. The van der Waals surface area contributed by atoms with Gasteiger partial charge in [0.25, 0.3) is 0 Å². The number of methoxy groups -OCH3 is 1. The molecule has 0 aliphatic carbocycles. The average Bonchev–Trinajstić information content (AvgIpc) is 3.20. The van der Waals surface area contributed by atoms with Gasteiger partial charge in [0.2, 0.25) is 5.88 Å². The lowest BCUT2D eigenvalue weighted by Gasteiger charge is -2.23. The van der Waals surface area contributed by atoms with Gasteiger partial charge >= 0.3 is 0 Å². The number of aromatic nitrogens is 6. The standard InChI is InChI=1S/C22H26N8O/c1-12-29-18(19-21(30-12)27-11-26-19)17-16(13-6-7-15(31-5)24-8-13)14(9-25-20(17)23)10-28-22(2,3)4/h6-9,11,28H,10H2,1-5H3,(H2,23,25)(H,26,27,29,30). The van der Waals surface area contributed by atoms with E-state index in [1.807, 2.05) is 19.1 Å². The maximum atomic E-state index is 6.44. The minimum absolute atomic E-state index is 0.0703. The number of H-pyrrole nitrogens is 1. The number of nitrogen functional groups attached to an aromatic ring is 1. The van der Waals surface area contributed by atoms with E-state index in [0.717, 1.165) is 22.3 Å². The summed E-state index contributed by atoms with van der Waals surface area (Å²) in [6.45, 7) is 8.79. The molecule has 0 amide bonds. The third kappa shape index (κ3) is 4.17. The topological polar surface area (TPSA) is 128 Å². The van der Waals surface area contributed by atoms with Crippen LogP contribution in [0.2, 0.25) is 0 Å². The molecule has 0 bridgehead atoms. The van der Waals surface area contributed by atoms with Gasteiger partial charge in [0.1, 0.15) is 22.9 Å². The molecule has 0 unspecified atom stereocenters. The zero-order valence-corrected chi connectivity index (χ0v) is 18.3. The van der Waals surface area contributed by atoms with E-state index in [1.54, 1.807) is 25.8 Å². The third-order valence-electron chi connectivity index (χ3n) is 4.86. The molecule has 0 radical (unpaired) electrons. The molecule has 9 heteroatoms. The Morgan fingerprint density at radius 2 is 1.87 bits per heavy atom. The van der Waals surface area contributed by atoms with E-state index in [0.29, 0.717) is 40.9 Å². The largest absolute Gasteiger partial charge is 0.481 e. The number of anilines is 1. The van der Waals surface area contributed by atoms with Crippen LogP contribution in [0.25, 0.3) is 33.5 Å². The monoisotopic (exact) mass is 418 g/mol.